The number of nitrogens with zero attached hydrogens (tertiary/aromatic N) is 1. The molecule has 2 unspecified atom stereocenters. The summed E-state index contributed by atoms with van der Waals surface area (Å²) in [6.07, 6.45) is 2.96. The van der Waals surface area contributed by atoms with Crippen molar-refractivity contribution < 1.29 is 18.3 Å². The molecule has 27 heavy (non-hydrogen) atoms. The van der Waals surface area contributed by atoms with E-state index in [4.69, 9.17) is 10.5 Å². The molecule has 7 heteroatoms. The Hall–Kier alpha value is -2.18. The molecule has 2 aromatic rings. The molecule has 1 heterocycles. The maximum Gasteiger partial charge on any atom is 0.254 e. The number of ether oxygens (including phenoxy) is 1. The first-order valence-electron chi connectivity index (χ1n) is 8.75. The standard InChI is InChI=1S/C20H22F2N2O2.ClH/c1-13(23)18-4-2-3-11-24(18)20(25)14-5-8-16(9-6-14)26-19-10-7-15(21)12-17(19)22;/h5-10,12-13,18H,2-4,11,23H2,1H3;1H. The summed E-state index contributed by atoms with van der Waals surface area (Å²) in [6.45, 7) is 2.62. The van der Waals surface area contributed by atoms with Gasteiger partial charge in [-0.3, -0.25) is 4.79 Å². The molecule has 2 atom stereocenters. The lowest BCUT2D eigenvalue weighted by Gasteiger charge is -2.38. The summed E-state index contributed by atoms with van der Waals surface area (Å²) in [5.41, 5.74) is 6.56. The van der Waals surface area contributed by atoms with Crippen LogP contribution in [0.3, 0.4) is 0 Å². The Morgan fingerprint density at radius 2 is 1.89 bits per heavy atom. The van der Waals surface area contributed by atoms with Crippen LogP contribution < -0.4 is 10.5 Å². The topological polar surface area (TPSA) is 55.6 Å². The van der Waals surface area contributed by atoms with Crippen LogP contribution in [-0.2, 0) is 0 Å². The summed E-state index contributed by atoms with van der Waals surface area (Å²) >= 11 is 0. The first kappa shape index (κ1) is 21.1. The fourth-order valence-corrected chi connectivity index (χ4v) is 3.27. The molecule has 4 nitrogen and oxygen atoms in total. The lowest BCUT2D eigenvalue weighted by atomic mass is 9.96. The molecule has 146 valence electrons. The lowest BCUT2D eigenvalue weighted by molar-refractivity contribution is 0.0584. The molecule has 2 N–H and O–H groups in total. The van der Waals surface area contributed by atoms with Gasteiger partial charge in [-0.05, 0) is 62.6 Å². The second-order valence-electron chi connectivity index (χ2n) is 6.62. The highest BCUT2D eigenvalue weighted by Gasteiger charge is 2.29. The van der Waals surface area contributed by atoms with Crippen molar-refractivity contribution in [2.45, 2.75) is 38.3 Å². The number of carbonyl (C=O) groups excluding carboxylic acids is 1. The van der Waals surface area contributed by atoms with E-state index >= 15 is 0 Å². The van der Waals surface area contributed by atoms with Gasteiger partial charge in [0, 0.05) is 30.3 Å². The molecule has 1 saturated heterocycles. The van der Waals surface area contributed by atoms with Gasteiger partial charge in [0.05, 0.1) is 0 Å². The van der Waals surface area contributed by atoms with E-state index in [9.17, 15) is 13.6 Å². The van der Waals surface area contributed by atoms with Gasteiger partial charge in [-0.15, -0.1) is 12.4 Å². The first-order valence-corrected chi connectivity index (χ1v) is 8.75. The van der Waals surface area contributed by atoms with Gasteiger partial charge in [-0.1, -0.05) is 0 Å². The molecule has 0 aromatic heterocycles. The van der Waals surface area contributed by atoms with Crippen molar-refractivity contribution in [1.29, 1.82) is 0 Å². The van der Waals surface area contributed by atoms with E-state index in [0.29, 0.717) is 17.9 Å². The molecule has 1 amide bonds. The second-order valence-corrected chi connectivity index (χ2v) is 6.62. The third-order valence-electron chi connectivity index (χ3n) is 4.64. The average Bonchev–Trinajstić information content (AvgIpc) is 2.64. The molecule has 1 fully saturated rings. The van der Waals surface area contributed by atoms with E-state index in [1.54, 1.807) is 24.3 Å². The largest absolute Gasteiger partial charge is 0.454 e. The van der Waals surface area contributed by atoms with Crippen molar-refractivity contribution in [1.82, 2.24) is 4.90 Å². The number of carbonyl (C=O) groups is 1. The number of nitrogens with two attached hydrogens (primary N) is 1. The summed E-state index contributed by atoms with van der Waals surface area (Å²) in [5.74, 6) is -1.21. The zero-order valence-corrected chi connectivity index (χ0v) is 15.8. The van der Waals surface area contributed by atoms with Crippen LogP contribution >= 0.6 is 12.4 Å². The highest BCUT2D eigenvalue weighted by atomic mass is 35.5. The maximum absolute atomic E-state index is 13.7. The van der Waals surface area contributed by atoms with Gasteiger partial charge in [-0.25, -0.2) is 8.78 Å². The molecular formula is C20H23ClF2N2O2. The van der Waals surface area contributed by atoms with Gasteiger partial charge >= 0.3 is 0 Å². The van der Waals surface area contributed by atoms with Crippen LogP contribution in [0.4, 0.5) is 8.78 Å². The van der Waals surface area contributed by atoms with E-state index in [0.717, 1.165) is 31.4 Å². The highest BCUT2D eigenvalue weighted by molar-refractivity contribution is 5.94. The van der Waals surface area contributed by atoms with E-state index in [2.05, 4.69) is 0 Å². The van der Waals surface area contributed by atoms with E-state index in [-0.39, 0.29) is 36.1 Å². The SMILES string of the molecule is CC(N)C1CCCCN1C(=O)c1ccc(Oc2ccc(F)cc2F)cc1.Cl. The van der Waals surface area contributed by atoms with Gasteiger partial charge in [0.25, 0.3) is 5.91 Å². The van der Waals surface area contributed by atoms with Gasteiger partial charge in [0.2, 0.25) is 0 Å². The zero-order chi connectivity index (χ0) is 18.7. The summed E-state index contributed by atoms with van der Waals surface area (Å²) in [6, 6.07) is 9.56. The molecule has 1 aliphatic heterocycles. The molecule has 3 rings (SSSR count). The van der Waals surface area contributed by atoms with E-state index < -0.39 is 11.6 Å². The van der Waals surface area contributed by atoms with Crippen molar-refractivity contribution in [2.75, 3.05) is 6.54 Å². The minimum atomic E-state index is -0.779. The van der Waals surface area contributed by atoms with Crippen molar-refractivity contribution in [3.8, 4) is 11.5 Å². The molecule has 1 aliphatic rings. The Morgan fingerprint density at radius 3 is 2.52 bits per heavy atom. The molecule has 0 spiro atoms. The van der Waals surface area contributed by atoms with Crippen molar-refractivity contribution >= 4 is 18.3 Å². The molecule has 0 saturated carbocycles. The number of amides is 1. The monoisotopic (exact) mass is 396 g/mol. The number of hydrogen-bond acceptors (Lipinski definition) is 3. The Kier molecular flexibility index (Phi) is 7.16. The zero-order valence-electron chi connectivity index (χ0n) is 15.0. The van der Waals surface area contributed by atoms with Crippen LogP contribution in [0.25, 0.3) is 0 Å². The second kappa shape index (κ2) is 9.15. The van der Waals surface area contributed by atoms with Crippen LogP contribution in [0.2, 0.25) is 0 Å². The van der Waals surface area contributed by atoms with Crippen molar-refractivity contribution in [3.63, 3.8) is 0 Å². The number of likely N-dealkylation sites (tertiary alicyclic amines) is 1. The number of piperidine rings is 1. The Labute approximate surface area is 163 Å². The molecular weight excluding hydrogens is 374 g/mol. The summed E-state index contributed by atoms with van der Waals surface area (Å²) in [5, 5.41) is 0. The van der Waals surface area contributed by atoms with Gasteiger partial charge in [0.1, 0.15) is 11.6 Å². The highest BCUT2D eigenvalue weighted by Crippen LogP contribution is 2.26. The summed E-state index contributed by atoms with van der Waals surface area (Å²) in [7, 11) is 0. The fraction of sp³-hybridized carbons (Fsp3) is 0.350. The number of hydrogen-bond donors (Lipinski definition) is 1. The van der Waals surface area contributed by atoms with Gasteiger partial charge in [-0.2, -0.15) is 0 Å². The maximum atomic E-state index is 13.7. The molecule has 0 aliphatic carbocycles. The minimum Gasteiger partial charge on any atom is -0.454 e. The third-order valence-corrected chi connectivity index (χ3v) is 4.64. The van der Waals surface area contributed by atoms with E-state index in [1.807, 2.05) is 11.8 Å². The Bertz CT molecular complexity index is 784. The minimum absolute atomic E-state index is 0. The Morgan fingerprint density at radius 1 is 1.19 bits per heavy atom. The number of rotatable bonds is 4. The predicted octanol–water partition coefficient (Wildman–Crippen LogP) is 4.52. The van der Waals surface area contributed by atoms with Crippen LogP contribution in [-0.4, -0.2) is 29.4 Å². The van der Waals surface area contributed by atoms with Crippen molar-refractivity contribution in [3.05, 3.63) is 59.7 Å². The third kappa shape index (κ3) is 4.96. The normalized spacial score (nSPS) is 17.8. The van der Waals surface area contributed by atoms with Crippen LogP contribution in [0.15, 0.2) is 42.5 Å². The van der Waals surface area contributed by atoms with Crippen LogP contribution in [0.5, 0.6) is 11.5 Å². The first-order chi connectivity index (χ1) is 12.5. The molecule has 2 aromatic carbocycles. The van der Waals surface area contributed by atoms with Crippen molar-refractivity contribution in [2.24, 2.45) is 5.73 Å². The number of benzene rings is 2. The number of halogens is 3. The average molecular weight is 397 g/mol. The molecule has 0 bridgehead atoms. The quantitative estimate of drug-likeness (QED) is 0.826. The fourth-order valence-electron chi connectivity index (χ4n) is 3.27. The van der Waals surface area contributed by atoms with Gasteiger partial charge in [0.15, 0.2) is 11.6 Å². The van der Waals surface area contributed by atoms with E-state index in [1.165, 1.54) is 6.07 Å². The molecule has 0 radical (unpaired) electrons. The predicted molar refractivity (Wildman–Crippen MR) is 102 cm³/mol. The lowest BCUT2D eigenvalue weighted by Crippen LogP contribution is -2.51. The van der Waals surface area contributed by atoms with Gasteiger partial charge < -0.3 is 15.4 Å². The summed E-state index contributed by atoms with van der Waals surface area (Å²) < 4.78 is 32.0. The summed E-state index contributed by atoms with van der Waals surface area (Å²) in [4.78, 5) is 14.6. The van der Waals surface area contributed by atoms with Crippen LogP contribution in [0.1, 0.15) is 36.5 Å². The smallest absolute Gasteiger partial charge is 0.254 e. The van der Waals surface area contributed by atoms with Crippen LogP contribution in [0, 0.1) is 11.6 Å². The Balaban J connectivity index is 0.00000261.